The van der Waals surface area contributed by atoms with Crippen molar-refractivity contribution in [3.05, 3.63) is 65.7 Å². The highest BCUT2D eigenvalue weighted by Gasteiger charge is 2.17. The molecule has 0 aliphatic rings. The molecule has 116 valence electrons. The molecule has 2 rings (SSSR count). The summed E-state index contributed by atoms with van der Waals surface area (Å²) in [5.41, 5.74) is 1.08. The van der Waals surface area contributed by atoms with Gasteiger partial charge in [0, 0.05) is 0 Å². The van der Waals surface area contributed by atoms with Crippen LogP contribution >= 0.6 is 0 Å². The topological polar surface area (TPSA) is 72.5 Å². The highest BCUT2D eigenvalue weighted by molar-refractivity contribution is 7.91. The molecule has 0 bridgehead atoms. The van der Waals surface area contributed by atoms with Crippen molar-refractivity contribution < 1.29 is 17.9 Å². The molecule has 0 amide bonds. The van der Waals surface area contributed by atoms with Crippen molar-refractivity contribution in [1.82, 2.24) is 0 Å². The normalized spacial score (nSPS) is 11.0. The Morgan fingerprint density at radius 1 is 1.05 bits per heavy atom. The number of esters is 1. The lowest BCUT2D eigenvalue weighted by Crippen LogP contribution is -2.18. The first kappa shape index (κ1) is 16.0. The fraction of sp³-hybridized carbons (Fsp3) is 0.188. The third kappa shape index (κ3) is 4.33. The lowest BCUT2D eigenvalue weighted by Gasteiger charge is -2.12. The van der Waals surface area contributed by atoms with E-state index in [1.807, 2.05) is 6.07 Å². The number of anilines is 1. The number of hydrogen-bond acceptors (Lipinski definition) is 4. The van der Waals surface area contributed by atoms with Crippen LogP contribution in [0.15, 0.2) is 54.6 Å². The van der Waals surface area contributed by atoms with E-state index < -0.39 is 16.0 Å². The largest absolute Gasteiger partial charge is 0.462 e. The summed E-state index contributed by atoms with van der Waals surface area (Å²) in [5, 5.41) is 0. The third-order valence-corrected chi connectivity index (χ3v) is 4.13. The van der Waals surface area contributed by atoms with Crippen molar-refractivity contribution in [3.63, 3.8) is 0 Å². The van der Waals surface area contributed by atoms with E-state index in [1.165, 1.54) is 12.1 Å². The lowest BCUT2D eigenvalue weighted by molar-refractivity contribution is 0.0527. The number of nitrogens with one attached hydrogen (secondary N) is 1. The predicted octanol–water partition coefficient (Wildman–Crippen LogP) is 2.81. The van der Waals surface area contributed by atoms with Crippen LogP contribution in [-0.4, -0.2) is 21.0 Å². The van der Waals surface area contributed by atoms with Gasteiger partial charge >= 0.3 is 5.97 Å². The Balaban J connectivity index is 2.21. The van der Waals surface area contributed by atoms with Gasteiger partial charge in [-0.05, 0) is 24.6 Å². The Hall–Kier alpha value is -2.34. The van der Waals surface area contributed by atoms with E-state index in [4.69, 9.17) is 4.74 Å². The highest BCUT2D eigenvalue weighted by atomic mass is 32.2. The van der Waals surface area contributed by atoms with E-state index >= 15 is 0 Å². The second kappa shape index (κ2) is 7.09. The van der Waals surface area contributed by atoms with Crippen LogP contribution in [0, 0.1) is 0 Å². The standard InChI is InChI=1S/C16H17NO4S/c1-2-21-16(18)14-10-6-7-11-15(14)17-22(19,20)12-13-8-4-3-5-9-13/h3-11,17H,2,12H2,1H3. The molecule has 0 fully saturated rings. The fourth-order valence-electron chi connectivity index (χ4n) is 1.96. The maximum Gasteiger partial charge on any atom is 0.340 e. The van der Waals surface area contributed by atoms with Crippen molar-refractivity contribution in [1.29, 1.82) is 0 Å². The summed E-state index contributed by atoms with van der Waals surface area (Å²) >= 11 is 0. The number of hydrogen-bond donors (Lipinski definition) is 1. The van der Waals surface area contributed by atoms with Crippen LogP contribution in [0.25, 0.3) is 0 Å². The average molecular weight is 319 g/mol. The van der Waals surface area contributed by atoms with E-state index in [0.717, 1.165) is 0 Å². The van der Waals surface area contributed by atoms with Crippen LogP contribution in [0.1, 0.15) is 22.8 Å². The Morgan fingerprint density at radius 3 is 2.36 bits per heavy atom. The van der Waals surface area contributed by atoms with E-state index in [-0.39, 0.29) is 23.6 Å². The number of rotatable bonds is 6. The molecule has 0 aliphatic carbocycles. The third-order valence-electron chi connectivity index (χ3n) is 2.89. The molecule has 6 heteroatoms. The van der Waals surface area contributed by atoms with E-state index in [2.05, 4.69) is 4.72 Å². The molecular formula is C16H17NO4S. The second-order valence-electron chi connectivity index (χ2n) is 4.61. The first-order valence-corrected chi connectivity index (χ1v) is 8.47. The minimum Gasteiger partial charge on any atom is -0.462 e. The van der Waals surface area contributed by atoms with E-state index in [1.54, 1.807) is 43.3 Å². The van der Waals surface area contributed by atoms with Gasteiger partial charge in [-0.3, -0.25) is 4.72 Å². The molecule has 0 aliphatic heterocycles. The van der Waals surface area contributed by atoms with Crippen LogP contribution in [0.3, 0.4) is 0 Å². The zero-order chi connectivity index (χ0) is 16.0. The molecule has 0 aromatic heterocycles. The smallest absolute Gasteiger partial charge is 0.340 e. The summed E-state index contributed by atoms with van der Waals surface area (Å²) in [6.45, 7) is 1.92. The summed E-state index contributed by atoms with van der Waals surface area (Å²) in [6, 6.07) is 15.2. The van der Waals surface area contributed by atoms with Gasteiger partial charge in [-0.1, -0.05) is 42.5 Å². The molecule has 0 radical (unpaired) electrons. The average Bonchev–Trinajstić information content (AvgIpc) is 2.48. The summed E-state index contributed by atoms with van der Waals surface area (Å²) < 4.78 is 31.9. The van der Waals surface area contributed by atoms with Crippen LogP contribution in [-0.2, 0) is 20.5 Å². The van der Waals surface area contributed by atoms with Crippen LogP contribution in [0.4, 0.5) is 5.69 Å². The van der Waals surface area contributed by atoms with Gasteiger partial charge in [-0.15, -0.1) is 0 Å². The number of carbonyl (C=O) groups is 1. The SMILES string of the molecule is CCOC(=O)c1ccccc1NS(=O)(=O)Cc1ccccc1. The van der Waals surface area contributed by atoms with Gasteiger partial charge < -0.3 is 4.74 Å². The molecule has 0 atom stereocenters. The summed E-state index contributed by atoms with van der Waals surface area (Å²) in [7, 11) is -3.62. The molecular weight excluding hydrogens is 302 g/mol. The van der Waals surface area contributed by atoms with Gasteiger partial charge in [0.05, 0.1) is 23.6 Å². The maximum absolute atomic E-state index is 12.2. The van der Waals surface area contributed by atoms with Gasteiger partial charge in [0.2, 0.25) is 10.0 Å². The Kier molecular flexibility index (Phi) is 5.16. The minimum absolute atomic E-state index is 0.162. The minimum atomic E-state index is -3.62. The first-order chi connectivity index (χ1) is 10.5. The molecule has 0 unspecified atom stereocenters. The lowest BCUT2D eigenvalue weighted by atomic mass is 10.2. The fourth-order valence-corrected chi connectivity index (χ4v) is 3.17. The maximum atomic E-state index is 12.2. The molecule has 5 nitrogen and oxygen atoms in total. The summed E-state index contributed by atoms with van der Waals surface area (Å²) in [4.78, 5) is 11.9. The number of para-hydroxylation sites is 1. The van der Waals surface area contributed by atoms with E-state index in [9.17, 15) is 13.2 Å². The van der Waals surface area contributed by atoms with Gasteiger partial charge in [0.25, 0.3) is 0 Å². The molecule has 2 aromatic rings. The van der Waals surface area contributed by atoms with Gasteiger partial charge in [-0.25, -0.2) is 13.2 Å². The van der Waals surface area contributed by atoms with Gasteiger partial charge in [0.1, 0.15) is 0 Å². The van der Waals surface area contributed by atoms with E-state index in [0.29, 0.717) is 5.56 Å². The van der Waals surface area contributed by atoms with Crippen molar-refractivity contribution in [2.24, 2.45) is 0 Å². The predicted molar refractivity (Wildman–Crippen MR) is 85.1 cm³/mol. The number of benzene rings is 2. The zero-order valence-corrected chi connectivity index (χ0v) is 13.0. The zero-order valence-electron chi connectivity index (χ0n) is 12.2. The quantitative estimate of drug-likeness (QED) is 0.831. The molecule has 2 aromatic carbocycles. The Bertz CT molecular complexity index is 742. The van der Waals surface area contributed by atoms with Crippen molar-refractivity contribution >= 4 is 21.7 Å². The Morgan fingerprint density at radius 2 is 1.68 bits per heavy atom. The number of ether oxygens (including phenoxy) is 1. The van der Waals surface area contributed by atoms with Gasteiger partial charge in [-0.2, -0.15) is 0 Å². The number of sulfonamides is 1. The summed E-state index contributed by atoms with van der Waals surface area (Å²) in [6.07, 6.45) is 0. The van der Waals surface area contributed by atoms with Crippen molar-refractivity contribution in [3.8, 4) is 0 Å². The molecule has 1 N–H and O–H groups in total. The van der Waals surface area contributed by atoms with Crippen molar-refractivity contribution in [2.45, 2.75) is 12.7 Å². The van der Waals surface area contributed by atoms with Crippen LogP contribution in [0.2, 0.25) is 0 Å². The number of carbonyl (C=O) groups excluding carboxylic acids is 1. The second-order valence-corrected chi connectivity index (χ2v) is 6.34. The molecule has 0 saturated heterocycles. The molecule has 22 heavy (non-hydrogen) atoms. The highest BCUT2D eigenvalue weighted by Crippen LogP contribution is 2.19. The first-order valence-electron chi connectivity index (χ1n) is 6.82. The van der Waals surface area contributed by atoms with Crippen LogP contribution < -0.4 is 4.72 Å². The Labute approximate surface area is 130 Å². The van der Waals surface area contributed by atoms with Crippen molar-refractivity contribution in [2.75, 3.05) is 11.3 Å². The molecule has 0 heterocycles. The van der Waals surface area contributed by atoms with Crippen LogP contribution in [0.5, 0.6) is 0 Å². The molecule has 0 saturated carbocycles. The monoisotopic (exact) mass is 319 g/mol. The van der Waals surface area contributed by atoms with Gasteiger partial charge in [0.15, 0.2) is 0 Å². The summed E-state index contributed by atoms with van der Waals surface area (Å²) in [5.74, 6) is -0.717. The molecule has 0 spiro atoms.